The summed E-state index contributed by atoms with van der Waals surface area (Å²) in [5.41, 5.74) is 1.25. The Bertz CT molecular complexity index is 805. The van der Waals surface area contributed by atoms with Gasteiger partial charge < -0.3 is 9.88 Å². The van der Waals surface area contributed by atoms with Gasteiger partial charge in [-0.1, -0.05) is 18.2 Å². The van der Waals surface area contributed by atoms with Crippen molar-refractivity contribution in [2.24, 2.45) is 0 Å². The third-order valence-electron chi connectivity index (χ3n) is 4.10. The Morgan fingerprint density at radius 1 is 1.36 bits per heavy atom. The summed E-state index contributed by atoms with van der Waals surface area (Å²) in [6.45, 7) is 2.63. The van der Waals surface area contributed by atoms with Crippen LogP contribution in [-0.4, -0.2) is 31.3 Å². The Morgan fingerprint density at radius 3 is 2.96 bits per heavy atom. The number of non-ortho nitro benzene ring substituents is 1. The van der Waals surface area contributed by atoms with Gasteiger partial charge in [0, 0.05) is 30.8 Å². The summed E-state index contributed by atoms with van der Waals surface area (Å²) < 4.78 is 2.10. The quantitative estimate of drug-likeness (QED) is 0.499. The van der Waals surface area contributed by atoms with E-state index in [1.165, 1.54) is 30.3 Å². The normalized spacial score (nSPS) is 13.8. The molecule has 1 amide bonds. The zero-order chi connectivity index (χ0) is 17.8. The summed E-state index contributed by atoms with van der Waals surface area (Å²) in [6.07, 6.45) is 4.35. The van der Waals surface area contributed by atoms with Crippen LogP contribution in [0.25, 0.3) is 0 Å². The number of benzene rings is 1. The van der Waals surface area contributed by atoms with Crippen molar-refractivity contribution in [2.45, 2.75) is 44.3 Å². The number of hydrogen-bond acceptors (Lipinski definition) is 6. The lowest BCUT2D eigenvalue weighted by Gasteiger charge is -2.09. The molecule has 1 aromatic carbocycles. The number of aromatic nitrogens is 3. The lowest BCUT2D eigenvalue weighted by atomic mass is 10.2. The number of nitro groups is 1. The van der Waals surface area contributed by atoms with Gasteiger partial charge in [0.2, 0.25) is 5.91 Å². The second-order valence-electron chi connectivity index (χ2n) is 5.95. The topological polar surface area (TPSA) is 103 Å². The third kappa shape index (κ3) is 4.16. The molecule has 1 aliphatic heterocycles. The first kappa shape index (κ1) is 17.4. The second-order valence-corrected chi connectivity index (χ2v) is 6.90. The van der Waals surface area contributed by atoms with Crippen molar-refractivity contribution < 1.29 is 9.72 Å². The molecule has 0 saturated heterocycles. The number of carbonyl (C=O) groups excluding carboxylic acids is 1. The van der Waals surface area contributed by atoms with E-state index in [0.29, 0.717) is 11.3 Å². The molecule has 0 saturated carbocycles. The molecule has 132 valence electrons. The van der Waals surface area contributed by atoms with Gasteiger partial charge in [0.25, 0.3) is 5.69 Å². The smallest absolute Gasteiger partial charge is 0.269 e. The minimum Gasteiger partial charge on any atom is -0.325 e. The summed E-state index contributed by atoms with van der Waals surface area (Å²) >= 11 is 1.36. The first-order valence-corrected chi connectivity index (χ1v) is 9.13. The monoisotopic (exact) mass is 361 g/mol. The molecule has 8 nitrogen and oxygen atoms in total. The summed E-state index contributed by atoms with van der Waals surface area (Å²) in [6, 6.07) is 4.38. The van der Waals surface area contributed by atoms with E-state index in [1.807, 2.05) is 0 Å². The fourth-order valence-corrected chi connectivity index (χ4v) is 3.57. The number of nitro benzene ring substituents is 1. The van der Waals surface area contributed by atoms with Crippen LogP contribution in [0.1, 0.15) is 30.7 Å². The molecule has 1 N–H and O–H groups in total. The Morgan fingerprint density at radius 2 is 2.20 bits per heavy atom. The van der Waals surface area contributed by atoms with Gasteiger partial charge in [0.15, 0.2) is 5.16 Å². The summed E-state index contributed by atoms with van der Waals surface area (Å²) in [4.78, 5) is 22.5. The second kappa shape index (κ2) is 7.64. The van der Waals surface area contributed by atoms with E-state index < -0.39 is 4.92 Å². The van der Waals surface area contributed by atoms with Crippen molar-refractivity contribution in [1.29, 1.82) is 0 Å². The number of thioether (sulfide) groups is 1. The van der Waals surface area contributed by atoms with Crippen LogP contribution in [0.2, 0.25) is 0 Å². The van der Waals surface area contributed by atoms with E-state index in [9.17, 15) is 14.9 Å². The number of aryl methyl sites for hydroxylation is 2. The highest BCUT2D eigenvalue weighted by Crippen LogP contribution is 2.24. The Hall–Kier alpha value is -2.42. The van der Waals surface area contributed by atoms with Gasteiger partial charge in [0.1, 0.15) is 5.82 Å². The molecule has 3 rings (SSSR count). The minimum atomic E-state index is -0.453. The van der Waals surface area contributed by atoms with Gasteiger partial charge in [0.05, 0.1) is 10.7 Å². The van der Waals surface area contributed by atoms with E-state index in [2.05, 4.69) is 20.1 Å². The molecule has 0 bridgehead atoms. The zero-order valence-corrected chi connectivity index (χ0v) is 14.7. The highest BCUT2D eigenvalue weighted by atomic mass is 32.2. The lowest BCUT2D eigenvalue weighted by Crippen LogP contribution is -2.15. The predicted octanol–water partition coefficient (Wildman–Crippen LogP) is 2.95. The third-order valence-corrected chi connectivity index (χ3v) is 5.07. The van der Waals surface area contributed by atoms with Gasteiger partial charge in [-0.05, 0) is 31.4 Å². The van der Waals surface area contributed by atoms with Crippen LogP contribution in [0, 0.1) is 17.0 Å². The Balaban J connectivity index is 1.60. The summed E-state index contributed by atoms with van der Waals surface area (Å²) in [7, 11) is 0. The van der Waals surface area contributed by atoms with Crippen LogP contribution in [0.5, 0.6) is 0 Å². The number of hydrogen-bond donors (Lipinski definition) is 1. The van der Waals surface area contributed by atoms with Crippen molar-refractivity contribution in [3.8, 4) is 0 Å². The van der Waals surface area contributed by atoms with Gasteiger partial charge in [-0.3, -0.25) is 14.9 Å². The Kier molecular flexibility index (Phi) is 5.32. The molecule has 0 radical (unpaired) electrons. The van der Waals surface area contributed by atoms with Crippen LogP contribution in [0.3, 0.4) is 0 Å². The summed E-state index contributed by atoms with van der Waals surface area (Å²) in [5, 5.41) is 22.7. The fourth-order valence-electron chi connectivity index (χ4n) is 2.78. The van der Waals surface area contributed by atoms with Crippen LogP contribution in [0.4, 0.5) is 11.4 Å². The molecular weight excluding hydrogens is 342 g/mol. The van der Waals surface area contributed by atoms with Gasteiger partial charge >= 0.3 is 0 Å². The van der Waals surface area contributed by atoms with Crippen molar-refractivity contribution in [3.05, 3.63) is 39.7 Å². The van der Waals surface area contributed by atoms with Gasteiger partial charge in [-0.15, -0.1) is 10.2 Å². The van der Waals surface area contributed by atoms with Gasteiger partial charge in [-0.25, -0.2) is 0 Å². The largest absolute Gasteiger partial charge is 0.325 e. The average molecular weight is 361 g/mol. The molecule has 1 aliphatic rings. The van der Waals surface area contributed by atoms with E-state index in [1.54, 1.807) is 13.0 Å². The van der Waals surface area contributed by atoms with Crippen molar-refractivity contribution in [1.82, 2.24) is 14.8 Å². The molecule has 2 heterocycles. The molecule has 0 unspecified atom stereocenters. The SMILES string of the molecule is Cc1cc([N+](=O)[O-])ccc1NC(=O)CSc1nnc2n1CCCCC2. The maximum atomic E-state index is 12.2. The number of anilines is 1. The van der Waals surface area contributed by atoms with E-state index in [0.717, 1.165) is 36.8 Å². The van der Waals surface area contributed by atoms with Crippen LogP contribution >= 0.6 is 11.8 Å². The lowest BCUT2D eigenvalue weighted by molar-refractivity contribution is -0.384. The van der Waals surface area contributed by atoms with Gasteiger partial charge in [-0.2, -0.15) is 0 Å². The Labute approximate surface area is 149 Å². The van der Waals surface area contributed by atoms with Crippen molar-refractivity contribution in [2.75, 3.05) is 11.1 Å². The first-order chi connectivity index (χ1) is 12.0. The number of carbonyl (C=O) groups is 1. The molecule has 9 heteroatoms. The number of nitrogens with one attached hydrogen (secondary N) is 1. The van der Waals surface area contributed by atoms with Crippen LogP contribution < -0.4 is 5.32 Å². The van der Waals surface area contributed by atoms with E-state index >= 15 is 0 Å². The standard InChI is InChI=1S/C16H19N5O3S/c1-11-9-12(21(23)24)6-7-13(11)17-15(22)10-25-16-19-18-14-5-3-2-4-8-20(14)16/h6-7,9H,2-5,8,10H2,1H3,(H,17,22). The molecule has 0 fully saturated rings. The molecule has 0 atom stereocenters. The molecule has 2 aromatic rings. The highest BCUT2D eigenvalue weighted by Gasteiger charge is 2.16. The van der Waals surface area contributed by atoms with Crippen LogP contribution in [0.15, 0.2) is 23.4 Å². The van der Waals surface area contributed by atoms with Crippen molar-refractivity contribution in [3.63, 3.8) is 0 Å². The average Bonchev–Trinajstić information content (AvgIpc) is 2.81. The number of rotatable bonds is 5. The summed E-state index contributed by atoms with van der Waals surface area (Å²) in [5.74, 6) is 1.04. The zero-order valence-electron chi connectivity index (χ0n) is 13.9. The minimum absolute atomic E-state index is 0.0102. The molecule has 1 aromatic heterocycles. The van der Waals surface area contributed by atoms with E-state index in [4.69, 9.17) is 0 Å². The highest BCUT2D eigenvalue weighted by molar-refractivity contribution is 7.99. The maximum Gasteiger partial charge on any atom is 0.269 e. The van der Waals surface area contributed by atoms with E-state index in [-0.39, 0.29) is 17.3 Å². The molecular formula is C16H19N5O3S. The number of amides is 1. The molecule has 0 spiro atoms. The first-order valence-electron chi connectivity index (χ1n) is 8.14. The molecule has 25 heavy (non-hydrogen) atoms. The predicted molar refractivity (Wildman–Crippen MR) is 94.8 cm³/mol. The number of fused-ring (bicyclic) bond motifs is 1. The maximum absolute atomic E-state index is 12.2. The number of nitrogens with zero attached hydrogens (tertiary/aromatic N) is 4. The fraction of sp³-hybridized carbons (Fsp3) is 0.438. The van der Waals surface area contributed by atoms with Crippen LogP contribution in [-0.2, 0) is 17.8 Å². The van der Waals surface area contributed by atoms with Crippen molar-refractivity contribution >= 4 is 29.0 Å². The molecule has 0 aliphatic carbocycles.